The van der Waals surface area contributed by atoms with Gasteiger partial charge in [-0.3, -0.25) is 4.79 Å². The topological polar surface area (TPSA) is 110 Å². The van der Waals surface area contributed by atoms with Gasteiger partial charge in [-0.05, 0) is 32.0 Å². The summed E-state index contributed by atoms with van der Waals surface area (Å²) in [6.45, 7) is 3.40. The number of carbonyl (C=O) groups is 2. The van der Waals surface area contributed by atoms with E-state index in [1.54, 1.807) is 26.0 Å². The molecule has 8 heteroatoms. The SMILES string of the molecule is COc1ccc(/C=N\NC(=O)c2cc(C)oc2C)c(C(=O)O)c1OC. The molecule has 2 rings (SSSR count). The summed E-state index contributed by atoms with van der Waals surface area (Å²) in [7, 11) is 2.75. The highest BCUT2D eigenvalue weighted by molar-refractivity contribution is 6.02. The number of hydrogen-bond donors (Lipinski definition) is 2. The van der Waals surface area contributed by atoms with Gasteiger partial charge in [-0.1, -0.05) is 0 Å². The summed E-state index contributed by atoms with van der Waals surface area (Å²) < 4.78 is 15.5. The van der Waals surface area contributed by atoms with Crippen LogP contribution in [0.25, 0.3) is 0 Å². The molecular formula is C17H18N2O6. The molecule has 0 saturated heterocycles. The molecule has 0 bridgehead atoms. The number of carboxylic acids is 1. The molecule has 0 radical (unpaired) electrons. The lowest BCUT2D eigenvalue weighted by Crippen LogP contribution is -2.18. The van der Waals surface area contributed by atoms with Gasteiger partial charge >= 0.3 is 5.97 Å². The molecule has 0 atom stereocenters. The van der Waals surface area contributed by atoms with E-state index < -0.39 is 11.9 Å². The molecular weight excluding hydrogens is 328 g/mol. The van der Waals surface area contributed by atoms with Crippen LogP contribution in [0.2, 0.25) is 0 Å². The van der Waals surface area contributed by atoms with Gasteiger partial charge in [0.1, 0.15) is 17.1 Å². The molecule has 0 aliphatic heterocycles. The van der Waals surface area contributed by atoms with Gasteiger partial charge in [0.25, 0.3) is 5.91 Å². The first-order chi connectivity index (χ1) is 11.9. The summed E-state index contributed by atoms with van der Waals surface area (Å²) >= 11 is 0. The lowest BCUT2D eigenvalue weighted by Gasteiger charge is -2.12. The van der Waals surface area contributed by atoms with Crippen LogP contribution in [0, 0.1) is 13.8 Å². The van der Waals surface area contributed by atoms with E-state index in [2.05, 4.69) is 10.5 Å². The Morgan fingerprint density at radius 2 is 1.96 bits per heavy atom. The van der Waals surface area contributed by atoms with E-state index in [9.17, 15) is 14.7 Å². The number of furan rings is 1. The zero-order chi connectivity index (χ0) is 18.6. The highest BCUT2D eigenvalue weighted by Crippen LogP contribution is 2.32. The van der Waals surface area contributed by atoms with E-state index in [-0.39, 0.29) is 22.6 Å². The number of hydrazone groups is 1. The molecule has 0 aliphatic carbocycles. The molecule has 1 aromatic carbocycles. The molecule has 8 nitrogen and oxygen atoms in total. The summed E-state index contributed by atoms with van der Waals surface area (Å²) in [4.78, 5) is 23.6. The van der Waals surface area contributed by atoms with Gasteiger partial charge in [0.05, 0.1) is 26.0 Å². The number of rotatable bonds is 6. The van der Waals surface area contributed by atoms with Gasteiger partial charge in [-0.2, -0.15) is 5.10 Å². The molecule has 1 amide bonds. The van der Waals surface area contributed by atoms with Gasteiger partial charge in [0, 0.05) is 5.56 Å². The molecule has 0 fully saturated rings. The van der Waals surface area contributed by atoms with Crippen LogP contribution in [-0.4, -0.2) is 37.4 Å². The Bertz CT molecular complexity index is 838. The van der Waals surface area contributed by atoms with E-state index in [0.717, 1.165) is 0 Å². The van der Waals surface area contributed by atoms with Gasteiger partial charge in [0.2, 0.25) is 0 Å². The molecule has 0 unspecified atom stereocenters. The largest absolute Gasteiger partial charge is 0.493 e. The summed E-state index contributed by atoms with van der Waals surface area (Å²) in [5, 5.41) is 13.2. The Morgan fingerprint density at radius 1 is 1.24 bits per heavy atom. The van der Waals surface area contributed by atoms with Crippen molar-refractivity contribution < 1.29 is 28.6 Å². The van der Waals surface area contributed by atoms with E-state index in [0.29, 0.717) is 17.1 Å². The minimum atomic E-state index is -1.20. The van der Waals surface area contributed by atoms with Crippen molar-refractivity contribution in [2.45, 2.75) is 13.8 Å². The number of aryl methyl sites for hydroxylation is 2. The molecule has 2 aromatic rings. The number of methoxy groups -OCH3 is 2. The zero-order valence-corrected chi connectivity index (χ0v) is 14.2. The number of carbonyl (C=O) groups excluding carboxylic acids is 1. The Hall–Kier alpha value is -3.29. The third kappa shape index (κ3) is 3.79. The fraction of sp³-hybridized carbons (Fsp3) is 0.235. The second kappa shape index (κ2) is 7.52. The average Bonchev–Trinajstić information content (AvgIpc) is 2.92. The number of amides is 1. The number of benzene rings is 1. The van der Waals surface area contributed by atoms with Crippen LogP contribution in [0.3, 0.4) is 0 Å². The zero-order valence-electron chi connectivity index (χ0n) is 14.2. The van der Waals surface area contributed by atoms with E-state index in [1.165, 1.54) is 26.5 Å². The molecule has 0 spiro atoms. The van der Waals surface area contributed by atoms with Crippen molar-refractivity contribution in [2.75, 3.05) is 14.2 Å². The summed E-state index contributed by atoms with van der Waals surface area (Å²) in [6.07, 6.45) is 1.23. The van der Waals surface area contributed by atoms with Crippen LogP contribution < -0.4 is 14.9 Å². The number of aromatic carboxylic acids is 1. The van der Waals surface area contributed by atoms with Crippen LogP contribution >= 0.6 is 0 Å². The van der Waals surface area contributed by atoms with Crippen LogP contribution in [0.1, 0.15) is 37.8 Å². The second-order valence-electron chi connectivity index (χ2n) is 5.10. The average molecular weight is 346 g/mol. The quantitative estimate of drug-likeness (QED) is 0.614. The predicted molar refractivity (Wildman–Crippen MR) is 89.7 cm³/mol. The summed E-state index contributed by atoms with van der Waals surface area (Å²) in [5.74, 6) is -0.216. The monoisotopic (exact) mass is 346 g/mol. The predicted octanol–water partition coefficient (Wildman–Crippen LogP) is 2.38. The lowest BCUT2D eigenvalue weighted by atomic mass is 10.1. The van der Waals surface area contributed by atoms with Gasteiger partial charge in [0.15, 0.2) is 11.5 Å². The maximum Gasteiger partial charge on any atom is 0.340 e. The number of nitrogens with zero attached hydrogens (tertiary/aromatic N) is 1. The van der Waals surface area contributed by atoms with Crippen LogP contribution in [0.4, 0.5) is 0 Å². The molecule has 132 valence electrons. The van der Waals surface area contributed by atoms with E-state index >= 15 is 0 Å². The second-order valence-corrected chi connectivity index (χ2v) is 5.10. The molecule has 2 N–H and O–H groups in total. The number of carboxylic acid groups (broad SMARTS) is 1. The Balaban J connectivity index is 2.27. The van der Waals surface area contributed by atoms with Crippen molar-refractivity contribution in [3.05, 3.63) is 46.4 Å². The Kier molecular flexibility index (Phi) is 5.43. The fourth-order valence-electron chi connectivity index (χ4n) is 2.35. The normalized spacial score (nSPS) is 10.7. The van der Waals surface area contributed by atoms with Crippen LogP contribution in [0.15, 0.2) is 27.7 Å². The van der Waals surface area contributed by atoms with Crippen molar-refractivity contribution in [1.29, 1.82) is 0 Å². The van der Waals surface area contributed by atoms with Crippen molar-refractivity contribution in [3.63, 3.8) is 0 Å². The number of ether oxygens (including phenoxy) is 2. The molecule has 1 heterocycles. The first kappa shape index (κ1) is 18.1. The van der Waals surface area contributed by atoms with Crippen molar-refractivity contribution in [1.82, 2.24) is 5.43 Å². The van der Waals surface area contributed by atoms with Gasteiger partial charge < -0.3 is 19.0 Å². The minimum absolute atomic E-state index is 0.0755. The van der Waals surface area contributed by atoms with Crippen LogP contribution in [-0.2, 0) is 0 Å². The van der Waals surface area contributed by atoms with Crippen molar-refractivity contribution in [2.24, 2.45) is 5.10 Å². The van der Waals surface area contributed by atoms with Crippen molar-refractivity contribution in [3.8, 4) is 11.5 Å². The van der Waals surface area contributed by atoms with E-state index in [1.807, 2.05) is 0 Å². The third-order valence-corrected chi connectivity index (χ3v) is 3.45. The number of hydrogen-bond acceptors (Lipinski definition) is 6. The first-order valence-corrected chi connectivity index (χ1v) is 7.27. The maximum atomic E-state index is 12.1. The Labute approximate surface area is 144 Å². The van der Waals surface area contributed by atoms with Gasteiger partial charge in [-0.15, -0.1) is 0 Å². The first-order valence-electron chi connectivity index (χ1n) is 7.27. The van der Waals surface area contributed by atoms with Crippen molar-refractivity contribution >= 4 is 18.1 Å². The molecule has 1 aromatic heterocycles. The molecule has 0 saturated carbocycles. The standard InChI is InChI=1S/C17H18N2O6/c1-9-7-12(10(2)25-9)16(20)19-18-8-11-5-6-13(23-3)15(24-4)14(11)17(21)22/h5-8H,1-4H3,(H,19,20)(H,21,22)/b18-8-. The summed E-state index contributed by atoms with van der Waals surface area (Å²) in [6, 6.07) is 4.66. The molecule has 25 heavy (non-hydrogen) atoms. The van der Waals surface area contributed by atoms with E-state index in [4.69, 9.17) is 13.9 Å². The van der Waals surface area contributed by atoms with Gasteiger partial charge in [-0.25, -0.2) is 10.2 Å². The lowest BCUT2D eigenvalue weighted by molar-refractivity contribution is 0.0692. The highest BCUT2D eigenvalue weighted by Gasteiger charge is 2.20. The minimum Gasteiger partial charge on any atom is -0.493 e. The maximum absolute atomic E-state index is 12.1. The van der Waals surface area contributed by atoms with Crippen LogP contribution in [0.5, 0.6) is 11.5 Å². The summed E-state index contributed by atoms with van der Waals surface area (Å²) in [5.41, 5.74) is 2.84. The Morgan fingerprint density at radius 3 is 2.48 bits per heavy atom. The smallest absolute Gasteiger partial charge is 0.340 e. The third-order valence-electron chi connectivity index (χ3n) is 3.45. The highest BCUT2D eigenvalue weighted by atomic mass is 16.5. The number of nitrogens with one attached hydrogen (secondary N) is 1. The fourth-order valence-corrected chi connectivity index (χ4v) is 2.35. The molecule has 0 aliphatic rings.